The summed E-state index contributed by atoms with van der Waals surface area (Å²) in [5.74, 6) is -0.516. The third-order valence-corrected chi connectivity index (χ3v) is 5.71. The van der Waals surface area contributed by atoms with Crippen LogP contribution in [0.4, 0.5) is 9.80 Å². The highest BCUT2D eigenvalue weighted by molar-refractivity contribution is 7.17. The minimum atomic E-state index is -0.606. The average molecular weight is 377 g/mol. The van der Waals surface area contributed by atoms with Crippen molar-refractivity contribution in [2.75, 3.05) is 18.5 Å². The standard InChI is InChI=1S/C17H19N3O5S/c18-14(21)13-11-3-4-17(24-6-7-25-17)8-12(11)26-15(13)20-16(22)19-9-10-2-1-5-23-10/h1-2,5H,3-4,6-9H2,(H2,18,21)(H2,19,20,22). The summed E-state index contributed by atoms with van der Waals surface area (Å²) in [6.45, 7) is 1.40. The van der Waals surface area contributed by atoms with Crippen molar-refractivity contribution in [3.8, 4) is 0 Å². The number of furan rings is 1. The van der Waals surface area contributed by atoms with Crippen LogP contribution >= 0.6 is 11.3 Å². The maximum Gasteiger partial charge on any atom is 0.320 e. The summed E-state index contributed by atoms with van der Waals surface area (Å²) < 4.78 is 16.7. The zero-order valence-corrected chi connectivity index (χ0v) is 14.8. The van der Waals surface area contributed by atoms with Crippen LogP contribution in [0.3, 0.4) is 0 Å². The van der Waals surface area contributed by atoms with Crippen LogP contribution in [-0.4, -0.2) is 30.9 Å². The zero-order valence-electron chi connectivity index (χ0n) is 14.0. The number of amides is 3. The minimum Gasteiger partial charge on any atom is -0.467 e. The van der Waals surface area contributed by atoms with E-state index in [9.17, 15) is 9.59 Å². The maximum atomic E-state index is 12.2. The minimum absolute atomic E-state index is 0.251. The maximum absolute atomic E-state index is 12.2. The Hall–Kier alpha value is -2.36. The van der Waals surface area contributed by atoms with E-state index in [0.29, 0.717) is 48.8 Å². The van der Waals surface area contributed by atoms with E-state index in [2.05, 4.69) is 10.6 Å². The second-order valence-electron chi connectivity index (χ2n) is 6.24. The Morgan fingerprint density at radius 2 is 2.12 bits per heavy atom. The van der Waals surface area contributed by atoms with E-state index in [1.165, 1.54) is 17.6 Å². The SMILES string of the molecule is NC(=O)c1c(NC(=O)NCc2ccco2)sc2c1CCC1(C2)OCCO1. The van der Waals surface area contributed by atoms with Crippen molar-refractivity contribution >= 4 is 28.3 Å². The Balaban J connectivity index is 1.51. The van der Waals surface area contributed by atoms with E-state index < -0.39 is 17.7 Å². The molecule has 138 valence electrons. The lowest BCUT2D eigenvalue weighted by atomic mass is 9.90. The van der Waals surface area contributed by atoms with Crippen LogP contribution in [0, 0.1) is 0 Å². The van der Waals surface area contributed by atoms with Crippen molar-refractivity contribution in [3.63, 3.8) is 0 Å². The smallest absolute Gasteiger partial charge is 0.320 e. The van der Waals surface area contributed by atoms with Crippen LogP contribution in [0.5, 0.6) is 0 Å². The molecule has 0 bridgehead atoms. The number of thiophene rings is 1. The van der Waals surface area contributed by atoms with E-state index in [4.69, 9.17) is 19.6 Å². The van der Waals surface area contributed by atoms with Gasteiger partial charge in [0.05, 0.1) is 31.6 Å². The Bertz CT molecular complexity index is 824. The third-order valence-electron chi connectivity index (χ3n) is 4.57. The fourth-order valence-electron chi connectivity index (χ4n) is 3.39. The van der Waals surface area contributed by atoms with E-state index in [1.807, 2.05) is 0 Å². The molecule has 0 saturated carbocycles. The molecule has 3 heterocycles. The lowest BCUT2D eigenvalue weighted by molar-refractivity contribution is -0.163. The Morgan fingerprint density at radius 3 is 2.81 bits per heavy atom. The first-order chi connectivity index (χ1) is 12.6. The Morgan fingerprint density at radius 1 is 1.31 bits per heavy atom. The molecule has 8 nitrogen and oxygen atoms in total. The summed E-state index contributed by atoms with van der Waals surface area (Å²) in [6.07, 6.45) is 3.39. The number of rotatable bonds is 4. The Labute approximate surface area is 153 Å². The predicted octanol–water partition coefficient (Wildman–Crippen LogP) is 1.99. The summed E-state index contributed by atoms with van der Waals surface area (Å²) in [5.41, 5.74) is 6.84. The topological polar surface area (TPSA) is 116 Å². The molecular weight excluding hydrogens is 358 g/mol. The summed E-state index contributed by atoms with van der Waals surface area (Å²) in [7, 11) is 0. The van der Waals surface area contributed by atoms with E-state index in [-0.39, 0.29) is 6.54 Å². The second kappa shape index (κ2) is 6.75. The number of nitrogens with one attached hydrogen (secondary N) is 2. The molecule has 0 aromatic carbocycles. The number of urea groups is 1. The zero-order chi connectivity index (χ0) is 18.1. The van der Waals surface area contributed by atoms with Crippen LogP contribution in [0.2, 0.25) is 0 Å². The molecule has 2 aromatic heterocycles. The van der Waals surface area contributed by atoms with Crippen LogP contribution in [0.1, 0.15) is 33.0 Å². The highest BCUT2D eigenvalue weighted by atomic mass is 32.1. The number of primary amides is 1. The number of hydrogen-bond donors (Lipinski definition) is 3. The highest BCUT2D eigenvalue weighted by Gasteiger charge is 2.42. The van der Waals surface area contributed by atoms with Crippen LogP contribution in [-0.2, 0) is 28.9 Å². The lowest BCUT2D eigenvalue weighted by Gasteiger charge is -2.31. The van der Waals surface area contributed by atoms with Gasteiger partial charge >= 0.3 is 6.03 Å². The number of ether oxygens (including phenoxy) is 2. The van der Waals surface area contributed by atoms with Crippen molar-refractivity contribution in [1.29, 1.82) is 0 Å². The van der Waals surface area contributed by atoms with Gasteiger partial charge in [-0.25, -0.2) is 4.79 Å². The van der Waals surface area contributed by atoms with Gasteiger partial charge in [-0.1, -0.05) is 0 Å². The molecule has 4 rings (SSSR count). The molecule has 3 amide bonds. The van der Waals surface area contributed by atoms with Crippen molar-refractivity contribution in [2.45, 2.75) is 31.6 Å². The fraction of sp³-hybridized carbons (Fsp3) is 0.412. The number of carbonyl (C=O) groups excluding carboxylic acids is 2. The van der Waals surface area contributed by atoms with E-state index in [1.54, 1.807) is 12.1 Å². The molecule has 26 heavy (non-hydrogen) atoms. The largest absolute Gasteiger partial charge is 0.467 e. The quantitative estimate of drug-likeness (QED) is 0.754. The van der Waals surface area contributed by atoms with Crippen molar-refractivity contribution in [3.05, 3.63) is 40.2 Å². The molecule has 1 aliphatic heterocycles. The highest BCUT2D eigenvalue weighted by Crippen LogP contribution is 2.43. The van der Waals surface area contributed by atoms with Gasteiger partial charge in [-0.2, -0.15) is 0 Å². The molecule has 1 aliphatic carbocycles. The molecule has 0 unspecified atom stereocenters. The molecular formula is C17H19N3O5S. The van der Waals surface area contributed by atoms with Gasteiger partial charge < -0.3 is 24.9 Å². The molecule has 0 atom stereocenters. The summed E-state index contributed by atoms with van der Waals surface area (Å²) >= 11 is 1.35. The van der Waals surface area contributed by atoms with Gasteiger partial charge in [0.2, 0.25) is 0 Å². The summed E-state index contributed by atoms with van der Waals surface area (Å²) in [5, 5.41) is 5.88. The lowest BCUT2D eigenvalue weighted by Crippen LogP contribution is -2.36. The molecule has 1 spiro atoms. The molecule has 0 radical (unpaired) electrons. The van der Waals surface area contributed by atoms with Crippen molar-refractivity contribution in [2.24, 2.45) is 5.73 Å². The molecule has 1 fully saturated rings. The third kappa shape index (κ3) is 3.20. The normalized spacial score (nSPS) is 17.8. The van der Waals surface area contributed by atoms with Crippen LogP contribution in [0.15, 0.2) is 22.8 Å². The molecule has 4 N–H and O–H groups in total. The van der Waals surface area contributed by atoms with Gasteiger partial charge in [-0.05, 0) is 24.1 Å². The van der Waals surface area contributed by atoms with E-state index in [0.717, 1.165) is 10.4 Å². The van der Waals surface area contributed by atoms with Gasteiger partial charge in [-0.15, -0.1) is 11.3 Å². The first kappa shape index (κ1) is 17.1. The van der Waals surface area contributed by atoms with Crippen molar-refractivity contribution in [1.82, 2.24) is 5.32 Å². The second-order valence-corrected chi connectivity index (χ2v) is 7.35. The first-order valence-corrected chi connectivity index (χ1v) is 9.17. The fourth-order valence-corrected chi connectivity index (χ4v) is 4.72. The number of fused-ring (bicyclic) bond motifs is 1. The molecule has 2 aromatic rings. The molecule has 9 heteroatoms. The number of hydrogen-bond acceptors (Lipinski definition) is 6. The van der Waals surface area contributed by atoms with Crippen LogP contribution in [0.25, 0.3) is 0 Å². The monoisotopic (exact) mass is 377 g/mol. The van der Waals surface area contributed by atoms with Gasteiger partial charge in [0.1, 0.15) is 10.8 Å². The van der Waals surface area contributed by atoms with Gasteiger partial charge in [0, 0.05) is 17.7 Å². The molecule has 2 aliphatic rings. The predicted molar refractivity (Wildman–Crippen MR) is 94.1 cm³/mol. The average Bonchev–Trinajstić information content (AvgIpc) is 3.33. The number of nitrogens with two attached hydrogens (primary N) is 1. The van der Waals surface area contributed by atoms with Crippen molar-refractivity contribution < 1.29 is 23.5 Å². The van der Waals surface area contributed by atoms with E-state index >= 15 is 0 Å². The van der Waals surface area contributed by atoms with Gasteiger partial charge in [0.25, 0.3) is 5.91 Å². The summed E-state index contributed by atoms with van der Waals surface area (Å²) in [4.78, 5) is 25.1. The number of anilines is 1. The van der Waals surface area contributed by atoms with Crippen LogP contribution < -0.4 is 16.4 Å². The summed E-state index contributed by atoms with van der Waals surface area (Å²) in [6, 6.07) is 3.08. The first-order valence-electron chi connectivity index (χ1n) is 8.36. The van der Waals surface area contributed by atoms with Gasteiger partial charge in [-0.3, -0.25) is 10.1 Å². The molecule has 1 saturated heterocycles. The van der Waals surface area contributed by atoms with Gasteiger partial charge in [0.15, 0.2) is 5.79 Å². The number of carbonyl (C=O) groups is 2. The Kier molecular flexibility index (Phi) is 4.43.